The van der Waals surface area contributed by atoms with E-state index in [4.69, 9.17) is 34.8 Å². The molecule has 2 aromatic heterocycles. The summed E-state index contributed by atoms with van der Waals surface area (Å²) < 4.78 is 1.59. The van der Waals surface area contributed by atoms with Crippen LogP contribution in [-0.4, -0.2) is 19.8 Å². The fraction of sp³-hybridized carbons (Fsp3) is 0.154. The monoisotopic (exact) mass is 326 g/mol. The third-order valence-corrected chi connectivity index (χ3v) is 4.41. The van der Waals surface area contributed by atoms with Crippen molar-refractivity contribution in [3.63, 3.8) is 0 Å². The van der Waals surface area contributed by atoms with Gasteiger partial charge in [0.05, 0.1) is 10.0 Å². The fourth-order valence-electron chi connectivity index (χ4n) is 1.94. The molecular formula is C13H9Cl3N4. The molecule has 7 heteroatoms. The summed E-state index contributed by atoms with van der Waals surface area (Å²) in [4.78, 5) is 0. The predicted molar refractivity (Wildman–Crippen MR) is 80.7 cm³/mol. The van der Waals surface area contributed by atoms with Crippen molar-refractivity contribution in [1.29, 1.82) is 0 Å². The molecule has 0 aliphatic heterocycles. The summed E-state index contributed by atoms with van der Waals surface area (Å²) in [6.07, 6.45) is 0. The Morgan fingerprint density at radius 2 is 1.75 bits per heavy atom. The number of hydrogen-bond donors (Lipinski definition) is 0. The Labute approximate surface area is 130 Å². The second-order valence-corrected chi connectivity index (χ2v) is 5.54. The van der Waals surface area contributed by atoms with Crippen LogP contribution in [0.25, 0.3) is 17.0 Å². The molecule has 0 radical (unpaired) electrons. The van der Waals surface area contributed by atoms with Crippen LogP contribution in [-0.2, 0) is 0 Å². The maximum absolute atomic E-state index is 6.22. The Morgan fingerprint density at radius 1 is 1.00 bits per heavy atom. The standard InChI is InChI=1S/C13H9Cl3N4/c1-6-7(2)12-17-18-13(20(12)19-11(6)16)8-4-3-5-9(14)10(8)15/h3-5H,1-2H3. The Hall–Kier alpha value is -1.36. The molecule has 2 heterocycles. The highest BCUT2D eigenvalue weighted by Crippen LogP contribution is 2.33. The van der Waals surface area contributed by atoms with Crippen LogP contribution in [0.1, 0.15) is 11.1 Å². The minimum atomic E-state index is 0.411. The number of nitrogens with zero attached hydrogens (tertiary/aromatic N) is 4. The molecule has 0 saturated heterocycles. The predicted octanol–water partition coefficient (Wildman–Crippen LogP) is 4.37. The van der Waals surface area contributed by atoms with E-state index >= 15 is 0 Å². The highest BCUT2D eigenvalue weighted by Gasteiger charge is 2.17. The van der Waals surface area contributed by atoms with Crippen LogP contribution in [0, 0.1) is 13.8 Å². The molecule has 102 valence electrons. The lowest BCUT2D eigenvalue weighted by molar-refractivity contribution is 0.919. The zero-order valence-corrected chi connectivity index (χ0v) is 12.9. The van der Waals surface area contributed by atoms with Gasteiger partial charge in [-0.2, -0.15) is 9.61 Å². The van der Waals surface area contributed by atoms with Gasteiger partial charge in [0, 0.05) is 11.1 Å². The van der Waals surface area contributed by atoms with E-state index in [-0.39, 0.29) is 0 Å². The molecule has 0 amide bonds. The summed E-state index contributed by atoms with van der Waals surface area (Å²) >= 11 is 18.4. The summed E-state index contributed by atoms with van der Waals surface area (Å²) in [6.45, 7) is 3.82. The number of aromatic nitrogens is 4. The average molecular weight is 328 g/mol. The van der Waals surface area contributed by atoms with Crippen molar-refractivity contribution in [2.75, 3.05) is 0 Å². The SMILES string of the molecule is Cc1c(Cl)nn2c(-c3cccc(Cl)c3Cl)nnc2c1C. The quantitative estimate of drug-likeness (QED) is 0.666. The topological polar surface area (TPSA) is 43.1 Å². The molecular weight excluding hydrogens is 319 g/mol. The van der Waals surface area contributed by atoms with Crippen LogP contribution in [0.4, 0.5) is 0 Å². The first kappa shape index (κ1) is 13.6. The Kier molecular flexibility index (Phi) is 3.32. The van der Waals surface area contributed by atoms with Crippen molar-refractivity contribution in [2.45, 2.75) is 13.8 Å². The van der Waals surface area contributed by atoms with Crippen molar-refractivity contribution in [2.24, 2.45) is 0 Å². The highest BCUT2D eigenvalue weighted by atomic mass is 35.5. The number of aryl methyl sites for hydroxylation is 1. The summed E-state index contributed by atoms with van der Waals surface area (Å²) in [5, 5.41) is 13.9. The number of rotatable bonds is 1. The van der Waals surface area contributed by atoms with E-state index in [1.807, 2.05) is 19.9 Å². The largest absolute Gasteiger partial charge is 0.191 e. The van der Waals surface area contributed by atoms with Gasteiger partial charge in [0.15, 0.2) is 16.6 Å². The average Bonchev–Trinajstić information content (AvgIpc) is 2.83. The first-order valence-electron chi connectivity index (χ1n) is 5.83. The van der Waals surface area contributed by atoms with Gasteiger partial charge in [0.25, 0.3) is 0 Å². The van der Waals surface area contributed by atoms with Gasteiger partial charge in [-0.3, -0.25) is 0 Å². The zero-order valence-electron chi connectivity index (χ0n) is 10.7. The molecule has 0 saturated carbocycles. The second kappa shape index (κ2) is 4.88. The fourth-order valence-corrected chi connectivity index (χ4v) is 2.54. The summed E-state index contributed by atoms with van der Waals surface area (Å²) in [7, 11) is 0. The van der Waals surface area contributed by atoms with Crippen molar-refractivity contribution in [3.8, 4) is 11.4 Å². The summed E-state index contributed by atoms with van der Waals surface area (Å²) in [5.41, 5.74) is 3.13. The van der Waals surface area contributed by atoms with E-state index in [9.17, 15) is 0 Å². The molecule has 0 aliphatic rings. The van der Waals surface area contributed by atoms with Gasteiger partial charge >= 0.3 is 0 Å². The molecule has 3 aromatic rings. The lowest BCUT2D eigenvalue weighted by Crippen LogP contribution is -2.00. The maximum atomic E-state index is 6.22. The van der Waals surface area contributed by atoms with Crippen molar-refractivity contribution in [1.82, 2.24) is 19.8 Å². The Bertz CT molecular complexity index is 826. The lowest BCUT2D eigenvalue weighted by atomic mass is 10.2. The molecule has 1 aromatic carbocycles. The number of hydrogen-bond acceptors (Lipinski definition) is 3. The van der Waals surface area contributed by atoms with Crippen molar-refractivity contribution >= 4 is 40.4 Å². The minimum absolute atomic E-state index is 0.411. The van der Waals surface area contributed by atoms with Gasteiger partial charge in [0.2, 0.25) is 0 Å². The van der Waals surface area contributed by atoms with Gasteiger partial charge in [-0.15, -0.1) is 10.2 Å². The van der Waals surface area contributed by atoms with E-state index in [1.165, 1.54) is 0 Å². The smallest absolute Gasteiger partial charge is 0.187 e. The molecule has 0 fully saturated rings. The second-order valence-electron chi connectivity index (χ2n) is 4.40. The molecule has 0 spiro atoms. The van der Waals surface area contributed by atoms with Crippen LogP contribution in [0.2, 0.25) is 15.2 Å². The lowest BCUT2D eigenvalue weighted by Gasteiger charge is -2.06. The van der Waals surface area contributed by atoms with Gasteiger partial charge in [-0.25, -0.2) is 0 Å². The van der Waals surface area contributed by atoms with E-state index in [0.717, 1.165) is 11.1 Å². The third kappa shape index (κ3) is 1.95. The van der Waals surface area contributed by atoms with Crippen LogP contribution >= 0.6 is 34.8 Å². The van der Waals surface area contributed by atoms with Gasteiger partial charge < -0.3 is 0 Å². The van der Waals surface area contributed by atoms with Crippen molar-refractivity contribution in [3.05, 3.63) is 44.5 Å². The van der Waals surface area contributed by atoms with Crippen LogP contribution in [0.3, 0.4) is 0 Å². The number of benzene rings is 1. The zero-order chi connectivity index (χ0) is 14.4. The van der Waals surface area contributed by atoms with E-state index < -0.39 is 0 Å². The summed E-state index contributed by atoms with van der Waals surface area (Å²) in [5.74, 6) is 0.512. The Morgan fingerprint density at radius 3 is 2.50 bits per heavy atom. The van der Waals surface area contributed by atoms with Crippen LogP contribution in [0.5, 0.6) is 0 Å². The van der Waals surface area contributed by atoms with Crippen LogP contribution in [0.15, 0.2) is 18.2 Å². The molecule has 0 unspecified atom stereocenters. The molecule has 0 aliphatic carbocycles. The normalized spacial score (nSPS) is 11.2. The van der Waals surface area contributed by atoms with E-state index in [0.29, 0.717) is 32.2 Å². The van der Waals surface area contributed by atoms with Gasteiger partial charge in [-0.1, -0.05) is 40.9 Å². The molecule has 4 nitrogen and oxygen atoms in total. The Balaban J connectivity index is 2.36. The molecule has 0 bridgehead atoms. The van der Waals surface area contributed by atoms with E-state index in [2.05, 4.69) is 15.3 Å². The number of fused-ring (bicyclic) bond motifs is 1. The molecule has 20 heavy (non-hydrogen) atoms. The van der Waals surface area contributed by atoms with E-state index in [1.54, 1.807) is 16.6 Å². The first-order chi connectivity index (χ1) is 9.50. The van der Waals surface area contributed by atoms with Crippen molar-refractivity contribution < 1.29 is 0 Å². The maximum Gasteiger partial charge on any atom is 0.187 e. The highest BCUT2D eigenvalue weighted by molar-refractivity contribution is 6.43. The third-order valence-electron chi connectivity index (χ3n) is 3.23. The molecule has 3 rings (SSSR count). The van der Waals surface area contributed by atoms with Gasteiger partial charge in [-0.05, 0) is 31.5 Å². The van der Waals surface area contributed by atoms with Crippen LogP contribution < -0.4 is 0 Å². The molecule has 0 atom stereocenters. The minimum Gasteiger partial charge on any atom is -0.191 e. The number of halogens is 3. The van der Waals surface area contributed by atoms with Gasteiger partial charge in [0.1, 0.15) is 0 Å². The summed E-state index contributed by atoms with van der Waals surface area (Å²) in [6, 6.07) is 5.33. The first-order valence-corrected chi connectivity index (χ1v) is 6.96. The molecule has 0 N–H and O–H groups in total.